The number of carbonyl (C=O) groups is 5. The molecule has 1 saturated heterocycles. The number of carboxylic acids is 1. The van der Waals surface area contributed by atoms with Crippen molar-refractivity contribution < 1.29 is 43.3 Å². The van der Waals surface area contributed by atoms with Gasteiger partial charge in [-0.25, -0.2) is 9.59 Å². The summed E-state index contributed by atoms with van der Waals surface area (Å²) in [4.78, 5) is 58.9. The van der Waals surface area contributed by atoms with Gasteiger partial charge in [0.05, 0.1) is 6.61 Å². The van der Waals surface area contributed by atoms with Crippen molar-refractivity contribution in [2.24, 2.45) is 0 Å². The van der Waals surface area contributed by atoms with Gasteiger partial charge in [0.2, 0.25) is 11.8 Å². The number of rotatable bonds is 11. The van der Waals surface area contributed by atoms with Crippen LogP contribution in [-0.2, 0) is 39.9 Å². The molecule has 1 aromatic carbocycles. The second kappa shape index (κ2) is 14.4. The van der Waals surface area contributed by atoms with Gasteiger partial charge in [-0.15, -0.1) is 0 Å². The van der Waals surface area contributed by atoms with E-state index in [9.17, 15) is 24.0 Å². The van der Waals surface area contributed by atoms with Gasteiger partial charge in [0.25, 0.3) is 5.91 Å². The van der Waals surface area contributed by atoms with Crippen LogP contribution in [0.25, 0.3) is 0 Å². The highest BCUT2D eigenvalue weighted by Crippen LogP contribution is 2.32. The Morgan fingerprint density at radius 1 is 1.13 bits per heavy atom. The average molecular weight is 536 g/mol. The summed E-state index contributed by atoms with van der Waals surface area (Å²) >= 11 is 0. The largest absolute Gasteiger partial charge is 0.480 e. The van der Waals surface area contributed by atoms with Gasteiger partial charge < -0.3 is 29.5 Å². The number of imide groups is 1. The molecule has 0 bridgehead atoms. The van der Waals surface area contributed by atoms with Crippen LogP contribution in [0, 0.1) is 0 Å². The molecule has 12 nitrogen and oxygen atoms in total. The van der Waals surface area contributed by atoms with Crippen molar-refractivity contribution in [2.75, 3.05) is 38.3 Å². The summed E-state index contributed by atoms with van der Waals surface area (Å²) < 4.78 is 15.0. The van der Waals surface area contributed by atoms with Crippen LogP contribution in [0.4, 0.5) is 5.69 Å². The van der Waals surface area contributed by atoms with Crippen LogP contribution in [0.3, 0.4) is 0 Å². The molecule has 0 aliphatic carbocycles. The fourth-order valence-corrected chi connectivity index (χ4v) is 3.84. The van der Waals surface area contributed by atoms with E-state index in [1.165, 1.54) is 4.90 Å². The van der Waals surface area contributed by atoms with E-state index < -0.39 is 23.5 Å². The number of anilines is 1. The molecular formula is C26H37N3O9. The number of benzene rings is 1. The Morgan fingerprint density at radius 3 is 2.47 bits per heavy atom. The van der Waals surface area contributed by atoms with Crippen molar-refractivity contribution in [1.29, 1.82) is 0 Å². The first-order valence-corrected chi connectivity index (χ1v) is 12.5. The lowest BCUT2D eigenvalue weighted by atomic mass is 10.0. The van der Waals surface area contributed by atoms with Gasteiger partial charge in [0.15, 0.2) is 0 Å². The van der Waals surface area contributed by atoms with Crippen LogP contribution in [-0.4, -0.2) is 84.3 Å². The third-order valence-electron chi connectivity index (χ3n) is 5.36. The standard InChI is InChI=1S/C17H19N3O6.C9H18O3/c21-14-5-4-13(16(24)19-14)20-8-11-10(17(20)25)2-1-3-12(11)18-6-7-26-9-15(22)23;1-5-6-11-7-8(10)12-9(2,3)4/h1-3,13,18H,4-9H2,(H,22,23)(H,19,21,24);5-7H2,1-4H3. The van der Waals surface area contributed by atoms with Crippen molar-refractivity contribution in [1.82, 2.24) is 10.2 Å². The number of hydrogen-bond acceptors (Lipinski definition) is 9. The van der Waals surface area contributed by atoms with E-state index in [-0.39, 0.29) is 50.6 Å². The van der Waals surface area contributed by atoms with Crippen LogP contribution in [0.15, 0.2) is 18.2 Å². The number of hydrogen-bond donors (Lipinski definition) is 3. The fourth-order valence-electron chi connectivity index (χ4n) is 3.84. The topological polar surface area (TPSA) is 161 Å². The lowest BCUT2D eigenvalue weighted by Gasteiger charge is -2.29. The van der Waals surface area contributed by atoms with Crippen molar-refractivity contribution >= 4 is 35.3 Å². The van der Waals surface area contributed by atoms with E-state index in [0.29, 0.717) is 25.1 Å². The van der Waals surface area contributed by atoms with Crippen molar-refractivity contribution in [3.8, 4) is 0 Å². The quantitative estimate of drug-likeness (QED) is 0.216. The Bertz CT molecular complexity index is 1020. The number of nitrogens with one attached hydrogen (secondary N) is 2. The number of carboxylic acid groups (broad SMARTS) is 1. The summed E-state index contributed by atoms with van der Waals surface area (Å²) in [7, 11) is 0. The second-order valence-corrected chi connectivity index (χ2v) is 9.74. The van der Waals surface area contributed by atoms with E-state index in [1.807, 2.05) is 33.8 Å². The minimum atomic E-state index is -1.03. The SMILES string of the molecule is CCCOCC(=O)OC(C)(C)C.O=C(O)COCCNc1cccc2c1CN(C1CCC(=O)NC1=O)C2=O. The Labute approximate surface area is 222 Å². The summed E-state index contributed by atoms with van der Waals surface area (Å²) in [5, 5.41) is 13.9. The van der Waals surface area contributed by atoms with E-state index in [1.54, 1.807) is 12.1 Å². The molecule has 3 amide bonds. The minimum absolute atomic E-state index is 0.0606. The smallest absolute Gasteiger partial charge is 0.332 e. The summed E-state index contributed by atoms with van der Waals surface area (Å²) in [5.41, 5.74) is 1.63. The molecule has 2 aliphatic heterocycles. The summed E-state index contributed by atoms with van der Waals surface area (Å²) in [6, 6.07) is 4.61. The van der Waals surface area contributed by atoms with Crippen molar-refractivity contribution in [3.63, 3.8) is 0 Å². The Kier molecular flexibility index (Phi) is 11.7. The predicted octanol–water partition coefficient (Wildman–Crippen LogP) is 1.72. The van der Waals surface area contributed by atoms with Crippen molar-refractivity contribution in [2.45, 2.75) is 65.1 Å². The third-order valence-corrected chi connectivity index (χ3v) is 5.36. The molecule has 1 atom stereocenters. The number of esters is 1. The van der Waals surface area contributed by atoms with Crippen molar-refractivity contribution in [3.05, 3.63) is 29.3 Å². The van der Waals surface area contributed by atoms with Crippen LogP contribution in [0.1, 0.15) is 62.9 Å². The first-order valence-electron chi connectivity index (χ1n) is 12.5. The zero-order chi connectivity index (χ0) is 28.3. The normalized spacial score (nSPS) is 16.8. The molecular weight excluding hydrogens is 498 g/mol. The molecule has 0 aromatic heterocycles. The first kappa shape index (κ1) is 30.7. The van der Waals surface area contributed by atoms with Gasteiger partial charge >= 0.3 is 11.9 Å². The third kappa shape index (κ3) is 9.75. The number of ether oxygens (including phenoxy) is 3. The zero-order valence-electron chi connectivity index (χ0n) is 22.3. The summed E-state index contributed by atoms with van der Waals surface area (Å²) in [6.45, 7) is 8.69. The Morgan fingerprint density at radius 2 is 1.84 bits per heavy atom. The molecule has 1 aromatic rings. The number of piperidine rings is 1. The first-order chi connectivity index (χ1) is 17.9. The molecule has 1 unspecified atom stereocenters. The molecule has 2 aliphatic rings. The summed E-state index contributed by atoms with van der Waals surface area (Å²) in [6.07, 6.45) is 1.45. The molecule has 2 heterocycles. The highest BCUT2D eigenvalue weighted by molar-refractivity contribution is 6.06. The van der Waals surface area contributed by atoms with Gasteiger partial charge in [0.1, 0.15) is 24.9 Å². The van der Waals surface area contributed by atoms with Crippen LogP contribution >= 0.6 is 0 Å². The van der Waals surface area contributed by atoms with E-state index in [2.05, 4.69) is 10.6 Å². The van der Waals surface area contributed by atoms with Gasteiger partial charge in [0, 0.05) is 42.9 Å². The number of nitrogens with zero attached hydrogens (tertiary/aromatic N) is 1. The monoisotopic (exact) mass is 535 g/mol. The maximum absolute atomic E-state index is 12.7. The number of amides is 3. The maximum atomic E-state index is 12.7. The van der Waals surface area contributed by atoms with Crippen LogP contribution in [0.5, 0.6) is 0 Å². The number of fused-ring (bicyclic) bond motifs is 1. The molecule has 0 spiro atoms. The second-order valence-electron chi connectivity index (χ2n) is 9.74. The fraction of sp³-hybridized carbons (Fsp3) is 0.577. The van der Waals surface area contributed by atoms with Crippen LogP contribution in [0.2, 0.25) is 0 Å². The molecule has 1 fully saturated rings. The van der Waals surface area contributed by atoms with Crippen LogP contribution < -0.4 is 10.6 Å². The average Bonchev–Trinajstić information content (AvgIpc) is 3.15. The highest BCUT2D eigenvalue weighted by atomic mass is 16.6. The lowest BCUT2D eigenvalue weighted by Crippen LogP contribution is -2.52. The van der Waals surface area contributed by atoms with Gasteiger partial charge in [-0.05, 0) is 45.7 Å². The lowest BCUT2D eigenvalue weighted by molar-refractivity contribution is -0.160. The molecule has 0 saturated carbocycles. The minimum Gasteiger partial charge on any atom is -0.480 e. The van der Waals surface area contributed by atoms with Gasteiger partial charge in [-0.1, -0.05) is 13.0 Å². The predicted molar refractivity (Wildman–Crippen MR) is 136 cm³/mol. The molecule has 3 rings (SSSR count). The van der Waals surface area contributed by atoms with E-state index in [0.717, 1.165) is 17.7 Å². The number of carbonyl (C=O) groups excluding carboxylic acids is 4. The molecule has 3 N–H and O–H groups in total. The Hall–Kier alpha value is -3.51. The molecule has 0 radical (unpaired) electrons. The zero-order valence-corrected chi connectivity index (χ0v) is 22.3. The highest BCUT2D eigenvalue weighted by Gasteiger charge is 2.39. The van der Waals surface area contributed by atoms with E-state index >= 15 is 0 Å². The number of aliphatic carboxylic acids is 1. The maximum Gasteiger partial charge on any atom is 0.332 e. The molecule has 210 valence electrons. The van der Waals surface area contributed by atoms with E-state index in [4.69, 9.17) is 19.3 Å². The molecule has 12 heteroatoms. The summed E-state index contributed by atoms with van der Waals surface area (Å²) in [5.74, 6) is -2.33. The molecule has 38 heavy (non-hydrogen) atoms. The Balaban J connectivity index is 0.000000358. The van der Waals surface area contributed by atoms with Gasteiger partial charge in [-0.3, -0.25) is 19.7 Å². The van der Waals surface area contributed by atoms with Gasteiger partial charge in [-0.2, -0.15) is 0 Å².